The number of hydrogen-bond acceptors (Lipinski definition) is 3. The molecule has 0 aliphatic rings. The Balaban J connectivity index is 1.83. The summed E-state index contributed by atoms with van der Waals surface area (Å²) in [5, 5.41) is 8.61. The molecule has 2 rings (SSSR count). The molecule has 3 N–H and O–H groups in total. The third-order valence-corrected chi connectivity index (χ3v) is 4.21. The normalized spacial score (nSPS) is 10.3. The number of nitrogens with one attached hydrogen (secondary N) is 3. The van der Waals surface area contributed by atoms with E-state index in [9.17, 15) is 9.59 Å². The van der Waals surface area contributed by atoms with Crippen molar-refractivity contribution >= 4 is 23.2 Å². The summed E-state index contributed by atoms with van der Waals surface area (Å²) < 4.78 is 0. The maximum absolute atomic E-state index is 12.1. The standard InChI is InChI=1S/C21H27N3O2/c1-13-6-7-18(15(3)8-13)22-11-19(25)23-12-20(26)24-21-16(4)9-14(2)10-17(21)5/h6-10,22H,11-12H2,1-5H3,(H,23,25)(H,24,26). The first-order valence-corrected chi connectivity index (χ1v) is 8.72. The molecular weight excluding hydrogens is 326 g/mol. The third-order valence-electron chi connectivity index (χ3n) is 4.21. The predicted octanol–water partition coefficient (Wildman–Crippen LogP) is 3.40. The lowest BCUT2D eigenvalue weighted by Gasteiger charge is -2.14. The highest BCUT2D eigenvalue weighted by Crippen LogP contribution is 2.21. The molecule has 0 saturated heterocycles. The van der Waals surface area contributed by atoms with E-state index in [4.69, 9.17) is 0 Å². The highest BCUT2D eigenvalue weighted by Gasteiger charge is 2.10. The summed E-state index contributed by atoms with van der Waals surface area (Å²) in [4.78, 5) is 24.1. The SMILES string of the molecule is Cc1ccc(NCC(=O)NCC(=O)Nc2c(C)cc(C)cc2C)c(C)c1. The maximum atomic E-state index is 12.1. The van der Waals surface area contributed by atoms with E-state index in [2.05, 4.69) is 22.0 Å². The van der Waals surface area contributed by atoms with E-state index in [0.717, 1.165) is 33.6 Å². The van der Waals surface area contributed by atoms with Gasteiger partial charge in [-0.25, -0.2) is 0 Å². The smallest absolute Gasteiger partial charge is 0.243 e. The highest BCUT2D eigenvalue weighted by molar-refractivity contribution is 5.96. The van der Waals surface area contributed by atoms with E-state index < -0.39 is 0 Å². The first-order valence-electron chi connectivity index (χ1n) is 8.72. The molecule has 0 heterocycles. The summed E-state index contributed by atoms with van der Waals surface area (Å²) in [6.45, 7) is 10.0. The van der Waals surface area contributed by atoms with Gasteiger partial charge in [0.2, 0.25) is 11.8 Å². The molecule has 0 aromatic heterocycles. The van der Waals surface area contributed by atoms with Crippen molar-refractivity contribution in [3.8, 4) is 0 Å². The van der Waals surface area contributed by atoms with Crippen molar-refractivity contribution < 1.29 is 9.59 Å². The van der Waals surface area contributed by atoms with Gasteiger partial charge in [-0.15, -0.1) is 0 Å². The van der Waals surface area contributed by atoms with Crippen molar-refractivity contribution in [3.63, 3.8) is 0 Å². The summed E-state index contributed by atoms with van der Waals surface area (Å²) in [5.41, 5.74) is 7.17. The minimum absolute atomic E-state index is 0.0554. The molecule has 2 aromatic rings. The zero-order valence-electron chi connectivity index (χ0n) is 16.1. The number of carbonyl (C=O) groups is 2. The first kappa shape index (κ1) is 19.5. The van der Waals surface area contributed by atoms with Crippen LogP contribution in [0.5, 0.6) is 0 Å². The lowest BCUT2D eigenvalue weighted by Crippen LogP contribution is -2.36. The summed E-state index contributed by atoms with van der Waals surface area (Å²) in [5.74, 6) is -0.461. The minimum Gasteiger partial charge on any atom is -0.376 e. The van der Waals surface area contributed by atoms with Crippen LogP contribution in [-0.4, -0.2) is 24.9 Å². The zero-order valence-corrected chi connectivity index (χ0v) is 16.1. The van der Waals surface area contributed by atoms with Gasteiger partial charge in [0.15, 0.2) is 0 Å². The van der Waals surface area contributed by atoms with Crippen LogP contribution in [0.15, 0.2) is 30.3 Å². The Morgan fingerprint density at radius 1 is 0.769 bits per heavy atom. The Morgan fingerprint density at radius 2 is 1.38 bits per heavy atom. The predicted molar refractivity (Wildman–Crippen MR) is 107 cm³/mol. The van der Waals surface area contributed by atoms with Crippen LogP contribution in [0.25, 0.3) is 0 Å². The first-order chi connectivity index (χ1) is 12.3. The van der Waals surface area contributed by atoms with Crippen LogP contribution < -0.4 is 16.0 Å². The lowest BCUT2D eigenvalue weighted by atomic mass is 10.1. The molecule has 0 radical (unpaired) electrons. The Kier molecular flexibility index (Phi) is 6.39. The van der Waals surface area contributed by atoms with Crippen LogP contribution in [0.2, 0.25) is 0 Å². The third kappa shape index (κ3) is 5.34. The molecule has 0 spiro atoms. The van der Waals surface area contributed by atoms with Crippen molar-refractivity contribution in [1.82, 2.24) is 5.32 Å². The number of amides is 2. The average Bonchev–Trinajstić information content (AvgIpc) is 2.55. The molecule has 5 nitrogen and oxygen atoms in total. The average molecular weight is 353 g/mol. The van der Waals surface area contributed by atoms with Crippen LogP contribution in [0.4, 0.5) is 11.4 Å². The molecule has 26 heavy (non-hydrogen) atoms. The van der Waals surface area contributed by atoms with Crippen molar-refractivity contribution in [1.29, 1.82) is 0 Å². The monoisotopic (exact) mass is 353 g/mol. The molecule has 0 saturated carbocycles. The van der Waals surface area contributed by atoms with Crippen molar-refractivity contribution in [3.05, 3.63) is 58.1 Å². The van der Waals surface area contributed by atoms with Crippen LogP contribution in [0, 0.1) is 34.6 Å². The number of aryl methyl sites for hydroxylation is 5. The van der Waals surface area contributed by atoms with Gasteiger partial charge in [0, 0.05) is 11.4 Å². The quantitative estimate of drug-likeness (QED) is 0.745. The van der Waals surface area contributed by atoms with Gasteiger partial charge >= 0.3 is 0 Å². The summed E-state index contributed by atoms with van der Waals surface area (Å²) in [6.07, 6.45) is 0. The van der Waals surface area contributed by atoms with Crippen molar-refractivity contribution in [2.75, 3.05) is 23.7 Å². The highest BCUT2D eigenvalue weighted by atomic mass is 16.2. The fourth-order valence-corrected chi connectivity index (χ4v) is 2.99. The Bertz CT molecular complexity index is 805. The molecule has 2 amide bonds. The van der Waals surface area contributed by atoms with Crippen LogP contribution in [-0.2, 0) is 9.59 Å². The molecule has 0 unspecified atom stereocenters. The van der Waals surface area contributed by atoms with Gasteiger partial charge in [0.25, 0.3) is 0 Å². The summed E-state index contributed by atoms with van der Waals surface area (Å²) >= 11 is 0. The number of anilines is 2. The number of hydrogen-bond donors (Lipinski definition) is 3. The summed E-state index contributed by atoms with van der Waals surface area (Å²) in [7, 11) is 0. The van der Waals surface area contributed by atoms with E-state index in [0.29, 0.717) is 0 Å². The second kappa shape index (κ2) is 8.52. The molecule has 0 bridgehead atoms. The Morgan fingerprint density at radius 3 is 2.00 bits per heavy atom. The van der Waals surface area contributed by atoms with Gasteiger partial charge in [0.1, 0.15) is 0 Å². The van der Waals surface area contributed by atoms with E-state index in [-0.39, 0.29) is 24.9 Å². The zero-order chi connectivity index (χ0) is 19.3. The minimum atomic E-state index is -0.236. The van der Waals surface area contributed by atoms with Crippen LogP contribution >= 0.6 is 0 Å². The van der Waals surface area contributed by atoms with Crippen LogP contribution in [0.1, 0.15) is 27.8 Å². The number of rotatable bonds is 6. The largest absolute Gasteiger partial charge is 0.376 e. The molecule has 0 fully saturated rings. The van der Waals surface area contributed by atoms with Crippen molar-refractivity contribution in [2.45, 2.75) is 34.6 Å². The molecule has 5 heteroatoms. The van der Waals surface area contributed by atoms with Gasteiger partial charge in [0.05, 0.1) is 13.1 Å². The van der Waals surface area contributed by atoms with E-state index in [1.54, 1.807) is 0 Å². The second-order valence-corrected chi connectivity index (χ2v) is 6.77. The van der Waals surface area contributed by atoms with E-state index in [1.165, 1.54) is 5.56 Å². The van der Waals surface area contributed by atoms with Gasteiger partial charge in [-0.1, -0.05) is 35.4 Å². The molecule has 0 aliphatic heterocycles. The number of benzene rings is 2. The Labute approximate surface area is 155 Å². The fourth-order valence-electron chi connectivity index (χ4n) is 2.99. The maximum Gasteiger partial charge on any atom is 0.243 e. The lowest BCUT2D eigenvalue weighted by molar-refractivity contribution is -0.122. The van der Waals surface area contributed by atoms with Gasteiger partial charge in [-0.05, 0) is 57.4 Å². The molecule has 0 atom stereocenters. The Hall–Kier alpha value is -2.82. The van der Waals surface area contributed by atoms with E-state index >= 15 is 0 Å². The molecule has 138 valence electrons. The molecule has 2 aromatic carbocycles. The summed E-state index contributed by atoms with van der Waals surface area (Å²) in [6, 6.07) is 10.0. The molecular formula is C21H27N3O2. The van der Waals surface area contributed by atoms with Crippen LogP contribution in [0.3, 0.4) is 0 Å². The topological polar surface area (TPSA) is 70.2 Å². The van der Waals surface area contributed by atoms with Gasteiger partial charge in [-0.3, -0.25) is 9.59 Å². The van der Waals surface area contributed by atoms with Gasteiger partial charge < -0.3 is 16.0 Å². The fraction of sp³-hybridized carbons (Fsp3) is 0.333. The van der Waals surface area contributed by atoms with E-state index in [1.807, 2.05) is 58.9 Å². The van der Waals surface area contributed by atoms with Gasteiger partial charge in [-0.2, -0.15) is 0 Å². The second-order valence-electron chi connectivity index (χ2n) is 6.77. The molecule has 0 aliphatic carbocycles. The van der Waals surface area contributed by atoms with Crippen molar-refractivity contribution in [2.24, 2.45) is 0 Å². The number of carbonyl (C=O) groups excluding carboxylic acids is 2.